The predicted molar refractivity (Wildman–Crippen MR) is 91.1 cm³/mol. The van der Waals surface area contributed by atoms with Gasteiger partial charge in [-0.05, 0) is 37.8 Å². The lowest BCUT2D eigenvalue weighted by atomic mass is 9.83. The third kappa shape index (κ3) is 3.03. The molecule has 2 N–H and O–H groups in total. The van der Waals surface area contributed by atoms with Crippen molar-refractivity contribution < 1.29 is 18.3 Å². The van der Waals surface area contributed by atoms with Gasteiger partial charge in [-0.3, -0.25) is 4.79 Å². The van der Waals surface area contributed by atoms with Crippen molar-refractivity contribution in [3.63, 3.8) is 0 Å². The summed E-state index contributed by atoms with van der Waals surface area (Å²) >= 11 is 0. The molecule has 1 amide bonds. The maximum Gasteiger partial charge on any atom is 0.333 e. The van der Waals surface area contributed by atoms with Crippen LogP contribution in [0.25, 0.3) is 0 Å². The summed E-state index contributed by atoms with van der Waals surface area (Å²) in [5.74, 6) is -0.157. The summed E-state index contributed by atoms with van der Waals surface area (Å²) in [6.45, 7) is 0.129. The Kier molecular flexibility index (Phi) is 4.29. The zero-order chi connectivity index (χ0) is 19.2. The first-order chi connectivity index (χ1) is 12.9. The number of carbonyl (C=O) groups is 1. The van der Waals surface area contributed by atoms with Gasteiger partial charge >= 0.3 is 6.55 Å². The largest absolute Gasteiger partial charge is 0.368 e. The monoisotopic (exact) mass is 378 g/mol. The van der Waals surface area contributed by atoms with E-state index in [1.807, 2.05) is 0 Å². The lowest BCUT2D eigenvalue weighted by Gasteiger charge is -2.43. The second-order valence-electron chi connectivity index (χ2n) is 6.88. The molecule has 0 unspecified atom stereocenters. The number of fused-ring (bicyclic) bond motifs is 2. The second kappa shape index (κ2) is 6.52. The normalized spacial score (nSPS) is 18.7. The van der Waals surface area contributed by atoms with Crippen LogP contribution in [-0.4, -0.2) is 50.3 Å². The number of ether oxygens (including phenoxy) is 1. The smallest absolute Gasteiger partial charge is 0.333 e. The Labute approximate surface area is 154 Å². The third-order valence-corrected chi connectivity index (χ3v) is 5.25. The number of hydrogen-bond acceptors (Lipinski definition) is 6. The molecule has 0 aromatic carbocycles. The summed E-state index contributed by atoms with van der Waals surface area (Å²) in [7, 11) is 0. The van der Waals surface area contributed by atoms with Crippen LogP contribution in [0.3, 0.4) is 0 Å². The van der Waals surface area contributed by atoms with Gasteiger partial charge in [0.25, 0.3) is 5.91 Å². The molecule has 0 radical (unpaired) electrons. The fourth-order valence-corrected chi connectivity index (χ4v) is 3.83. The molecule has 0 aliphatic carbocycles. The highest BCUT2D eigenvalue weighted by atomic mass is 19.3. The van der Waals surface area contributed by atoms with E-state index >= 15 is 0 Å². The number of aryl methyl sites for hydroxylation is 1. The Hall–Kier alpha value is -2.62. The number of likely N-dealkylation sites (tertiary alicyclic amines) is 1. The minimum atomic E-state index is -2.77. The maximum atomic E-state index is 12.9. The van der Waals surface area contributed by atoms with E-state index in [4.69, 9.17) is 10.5 Å². The zero-order valence-corrected chi connectivity index (χ0v) is 14.9. The molecular weight excluding hydrogens is 358 g/mol. The van der Waals surface area contributed by atoms with Gasteiger partial charge in [-0.15, -0.1) is 0 Å². The van der Waals surface area contributed by atoms with E-state index in [0.717, 1.165) is 17.7 Å². The van der Waals surface area contributed by atoms with Crippen LogP contribution in [0.1, 0.15) is 46.8 Å². The number of piperidine rings is 1. The van der Waals surface area contributed by atoms with Crippen LogP contribution in [0.2, 0.25) is 0 Å². The SMILES string of the molecule is Cc1cc(C(=O)N2CCC3(CC2)OCCc2cnc(N)nc23)nn1C(F)F. The van der Waals surface area contributed by atoms with Gasteiger partial charge in [0.2, 0.25) is 5.95 Å². The number of anilines is 1. The first kappa shape index (κ1) is 17.8. The van der Waals surface area contributed by atoms with Gasteiger partial charge in [0.1, 0.15) is 5.60 Å². The van der Waals surface area contributed by atoms with E-state index in [9.17, 15) is 13.6 Å². The molecule has 2 aliphatic rings. The van der Waals surface area contributed by atoms with Crippen molar-refractivity contribution in [2.45, 2.75) is 38.3 Å². The summed E-state index contributed by atoms with van der Waals surface area (Å²) in [5.41, 5.74) is 7.26. The number of carbonyl (C=O) groups excluding carboxylic acids is 1. The average molecular weight is 378 g/mol. The van der Waals surface area contributed by atoms with E-state index in [1.54, 1.807) is 11.1 Å². The van der Waals surface area contributed by atoms with E-state index in [-0.39, 0.29) is 23.2 Å². The predicted octanol–water partition coefficient (Wildman–Crippen LogP) is 1.66. The first-order valence-electron chi connectivity index (χ1n) is 8.79. The maximum absolute atomic E-state index is 12.9. The number of nitrogens with zero attached hydrogens (tertiary/aromatic N) is 5. The standard InChI is InChI=1S/C17H20F2N6O2/c1-10-8-12(23-25(10)15(18)19)14(26)24-5-3-17(4-6-24)13-11(2-7-27-17)9-21-16(20)22-13/h8-9,15H,2-7H2,1H3,(H2,20,21,22). The fraction of sp³-hybridized carbons (Fsp3) is 0.529. The molecule has 2 aromatic rings. The molecule has 1 saturated heterocycles. The van der Waals surface area contributed by atoms with E-state index in [0.29, 0.717) is 37.2 Å². The molecule has 27 heavy (non-hydrogen) atoms. The number of rotatable bonds is 2. The third-order valence-electron chi connectivity index (χ3n) is 5.25. The van der Waals surface area contributed by atoms with Crippen LogP contribution in [0.4, 0.5) is 14.7 Å². The zero-order valence-electron chi connectivity index (χ0n) is 14.9. The molecule has 2 aliphatic heterocycles. The van der Waals surface area contributed by atoms with Crippen LogP contribution in [0.15, 0.2) is 12.3 Å². The molecule has 4 rings (SSSR count). The van der Waals surface area contributed by atoms with Gasteiger partial charge < -0.3 is 15.4 Å². The molecule has 0 saturated carbocycles. The van der Waals surface area contributed by atoms with Crippen molar-refractivity contribution in [2.24, 2.45) is 0 Å². The summed E-state index contributed by atoms with van der Waals surface area (Å²) < 4.78 is 32.4. The van der Waals surface area contributed by atoms with E-state index < -0.39 is 12.2 Å². The van der Waals surface area contributed by atoms with Gasteiger partial charge in [0.15, 0.2) is 5.69 Å². The molecular formula is C17H20F2N6O2. The van der Waals surface area contributed by atoms with Crippen molar-refractivity contribution in [3.05, 3.63) is 34.9 Å². The Morgan fingerprint density at radius 3 is 2.78 bits per heavy atom. The molecule has 0 bridgehead atoms. The van der Waals surface area contributed by atoms with E-state index in [2.05, 4.69) is 15.1 Å². The number of halogens is 2. The quantitative estimate of drug-likeness (QED) is 0.853. The van der Waals surface area contributed by atoms with Crippen LogP contribution in [0, 0.1) is 6.92 Å². The first-order valence-corrected chi connectivity index (χ1v) is 8.79. The van der Waals surface area contributed by atoms with Crippen molar-refractivity contribution in [2.75, 3.05) is 25.4 Å². The molecule has 4 heterocycles. The van der Waals surface area contributed by atoms with Crippen LogP contribution < -0.4 is 5.73 Å². The molecule has 1 spiro atoms. The highest BCUT2D eigenvalue weighted by Gasteiger charge is 2.43. The van der Waals surface area contributed by atoms with Crippen molar-refractivity contribution in [1.82, 2.24) is 24.6 Å². The minimum absolute atomic E-state index is 0.0280. The summed E-state index contributed by atoms with van der Waals surface area (Å²) in [5, 5.41) is 3.74. The summed E-state index contributed by atoms with van der Waals surface area (Å²) in [6.07, 6.45) is 3.57. The molecule has 1 fully saturated rings. The lowest BCUT2D eigenvalue weighted by molar-refractivity contribution is -0.0967. The number of nitrogen functional groups attached to an aromatic ring is 1. The minimum Gasteiger partial charge on any atom is -0.368 e. The molecule has 8 nitrogen and oxygen atoms in total. The van der Waals surface area contributed by atoms with Gasteiger partial charge in [-0.1, -0.05) is 0 Å². The molecule has 0 atom stereocenters. The number of amides is 1. The Balaban J connectivity index is 1.52. The highest BCUT2D eigenvalue weighted by Crippen LogP contribution is 2.40. The number of nitrogens with two attached hydrogens (primary N) is 1. The van der Waals surface area contributed by atoms with Crippen LogP contribution >= 0.6 is 0 Å². The van der Waals surface area contributed by atoms with Crippen LogP contribution in [0.5, 0.6) is 0 Å². The van der Waals surface area contributed by atoms with Gasteiger partial charge in [0.05, 0.1) is 12.3 Å². The molecule has 144 valence electrons. The Bertz CT molecular complexity index is 876. The topological polar surface area (TPSA) is 99.2 Å². The van der Waals surface area contributed by atoms with Crippen molar-refractivity contribution in [3.8, 4) is 0 Å². The van der Waals surface area contributed by atoms with E-state index in [1.165, 1.54) is 13.0 Å². The van der Waals surface area contributed by atoms with Gasteiger partial charge in [0, 0.05) is 25.0 Å². The lowest BCUT2D eigenvalue weighted by Crippen LogP contribution is -2.49. The molecule has 2 aromatic heterocycles. The van der Waals surface area contributed by atoms with Gasteiger partial charge in [-0.25, -0.2) is 14.6 Å². The summed E-state index contributed by atoms with van der Waals surface area (Å²) in [4.78, 5) is 22.7. The average Bonchev–Trinajstić information content (AvgIpc) is 3.05. The van der Waals surface area contributed by atoms with Crippen LogP contribution in [-0.2, 0) is 16.8 Å². The molecule has 10 heteroatoms. The Morgan fingerprint density at radius 2 is 2.11 bits per heavy atom. The second-order valence-corrected chi connectivity index (χ2v) is 6.88. The van der Waals surface area contributed by atoms with Crippen molar-refractivity contribution in [1.29, 1.82) is 0 Å². The Morgan fingerprint density at radius 1 is 1.37 bits per heavy atom. The van der Waals surface area contributed by atoms with Gasteiger partial charge in [-0.2, -0.15) is 13.9 Å². The highest BCUT2D eigenvalue weighted by molar-refractivity contribution is 5.92. The fourth-order valence-electron chi connectivity index (χ4n) is 3.83. The number of aromatic nitrogens is 4. The number of hydrogen-bond donors (Lipinski definition) is 1. The van der Waals surface area contributed by atoms with Crippen molar-refractivity contribution >= 4 is 11.9 Å². The summed E-state index contributed by atoms with van der Waals surface area (Å²) in [6, 6.07) is 1.39. The number of alkyl halides is 2.